The van der Waals surface area contributed by atoms with Crippen molar-refractivity contribution >= 4 is 36.1 Å². The predicted molar refractivity (Wildman–Crippen MR) is 52.2 cm³/mol. The summed E-state index contributed by atoms with van der Waals surface area (Å²) >= 11 is 6.00. The van der Waals surface area contributed by atoms with E-state index in [1.54, 1.807) is 11.3 Å². The molecule has 56 valence electrons. The molecule has 1 aromatic rings. The SMILES string of the molecule is SC1C=CC=c2ncsc2=C1. The monoisotopic (exact) mass is 181 g/mol. The maximum Gasteiger partial charge on any atom is 0.0809 e. The van der Waals surface area contributed by atoms with Gasteiger partial charge >= 0.3 is 0 Å². The van der Waals surface area contributed by atoms with Crippen LogP contribution in [0.2, 0.25) is 0 Å². The largest absolute Gasteiger partial charge is 0.245 e. The molecule has 0 bridgehead atoms. The van der Waals surface area contributed by atoms with Crippen LogP contribution < -0.4 is 9.88 Å². The Balaban J connectivity index is 2.74. The minimum absolute atomic E-state index is 0.230. The Hall–Kier alpha value is -0.540. The summed E-state index contributed by atoms with van der Waals surface area (Å²) < 4.78 is 1.22. The quantitative estimate of drug-likeness (QED) is 0.577. The minimum atomic E-state index is 0.230. The number of fused-ring (bicyclic) bond motifs is 1. The summed E-state index contributed by atoms with van der Waals surface area (Å²) in [7, 11) is 0. The third-order valence-electron chi connectivity index (χ3n) is 1.51. The van der Waals surface area contributed by atoms with Crippen molar-refractivity contribution in [2.24, 2.45) is 0 Å². The molecule has 0 aromatic carbocycles. The number of rotatable bonds is 0. The van der Waals surface area contributed by atoms with Crippen LogP contribution in [-0.2, 0) is 0 Å². The molecule has 1 heterocycles. The highest BCUT2D eigenvalue weighted by Crippen LogP contribution is 2.00. The summed E-state index contributed by atoms with van der Waals surface area (Å²) in [6, 6.07) is 0. The molecule has 0 spiro atoms. The van der Waals surface area contributed by atoms with Gasteiger partial charge < -0.3 is 0 Å². The molecule has 1 aliphatic rings. The lowest BCUT2D eigenvalue weighted by atomic mass is 10.4. The minimum Gasteiger partial charge on any atom is -0.245 e. The first-order chi connectivity index (χ1) is 5.36. The second-order valence-corrected chi connectivity index (χ2v) is 3.79. The van der Waals surface area contributed by atoms with Crippen molar-refractivity contribution in [1.29, 1.82) is 0 Å². The number of allylic oxidation sites excluding steroid dienone is 1. The first kappa shape index (κ1) is 7.13. The summed E-state index contributed by atoms with van der Waals surface area (Å²) in [6.45, 7) is 0. The van der Waals surface area contributed by atoms with Gasteiger partial charge in [0.2, 0.25) is 0 Å². The molecule has 0 N–H and O–H groups in total. The fourth-order valence-corrected chi connectivity index (χ4v) is 2.08. The van der Waals surface area contributed by atoms with Crippen LogP contribution in [0.3, 0.4) is 0 Å². The van der Waals surface area contributed by atoms with Crippen LogP contribution in [0.4, 0.5) is 0 Å². The molecule has 0 saturated heterocycles. The molecule has 0 amide bonds. The topological polar surface area (TPSA) is 12.9 Å². The van der Waals surface area contributed by atoms with E-state index < -0.39 is 0 Å². The van der Waals surface area contributed by atoms with Gasteiger partial charge in [-0.15, -0.1) is 11.3 Å². The predicted octanol–water partition coefficient (Wildman–Crippen LogP) is 0.572. The summed E-state index contributed by atoms with van der Waals surface area (Å²) in [5.41, 5.74) is 1.86. The number of hydrogen-bond acceptors (Lipinski definition) is 3. The number of aromatic nitrogens is 1. The fourth-order valence-electron chi connectivity index (χ4n) is 0.985. The van der Waals surface area contributed by atoms with Crippen LogP contribution in [-0.4, -0.2) is 10.2 Å². The smallest absolute Gasteiger partial charge is 0.0809 e. The van der Waals surface area contributed by atoms with Gasteiger partial charge in [-0.2, -0.15) is 12.6 Å². The highest BCUT2D eigenvalue weighted by atomic mass is 32.1. The lowest BCUT2D eigenvalue weighted by molar-refractivity contribution is 1.32. The zero-order valence-corrected chi connectivity index (χ0v) is 7.48. The Bertz CT molecular complexity index is 388. The Morgan fingerprint density at radius 1 is 1.55 bits per heavy atom. The molecule has 0 saturated carbocycles. The van der Waals surface area contributed by atoms with Crippen LogP contribution in [0.1, 0.15) is 0 Å². The third kappa shape index (κ3) is 1.39. The Morgan fingerprint density at radius 3 is 3.36 bits per heavy atom. The standard InChI is InChI=1S/C8H7NS2/c10-6-2-1-3-7-8(4-6)11-5-9-7/h1-6,10H. The average molecular weight is 181 g/mol. The molecule has 11 heavy (non-hydrogen) atoms. The lowest BCUT2D eigenvalue weighted by Gasteiger charge is -1.90. The number of hydrogen-bond donors (Lipinski definition) is 1. The van der Waals surface area contributed by atoms with E-state index in [1.807, 2.05) is 23.7 Å². The maximum atomic E-state index is 4.35. The van der Waals surface area contributed by atoms with E-state index in [0.717, 1.165) is 5.35 Å². The van der Waals surface area contributed by atoms with Gasteiger partial charge in [-0.3, -0.25) is 0 Å². The molecule has 1 nitrogen and oxygen atoms in total. The number of thiazole rings is 1. The van der Waals surface area contributed by atoms with E-state index in [9.17, 15) is 0 Å². The summed E-state index contributed by atoms with van der Waals surface area (Å²) in [4.78, 5) is 4.20. The molecule has 1 aromatic heterocycles. The van der Waals surface area contributed by atoms with Crippen molar-refractivity contribution in [3.8, 4) is 0 Å². The molecule has 0 fully saturated rings. The molecule has 0 aliphatic heterocycles. The second-order valence-electron chi connectivity index (χ2n) is 2.31. The van der Waals surface area contributed by atoms with Crippen LogP contribution >= 0.6 is 24.0 Å². The van der Waals surface area contributed by atoms with Crippen LogP contribution in [0.25, 0.3) is 12.2 Å². The zero-order chi connectivity index (χ0) is 7.68. The normalized spacial score (nSPS) is 21.4. The Kier molecular flexibility index (Phi) is 1.84. The first-order valence-electron chi connectivity index (χ1n) is 3.34. The molecule has 1 aliphatic carbocycles. The van der Waals surface area contributed by atoms with E-state index >= 15 is 0 Å². The third-order valence-corrected chi connectivity index (χ3v) is 2.64. The van der Waals surface area contributed by atoms with Crippen LogP contribution in [0, 0.1) is 0 Å². The molecular formula is C8H7NS2. The van der Waals surface area contributed by atoms with Crippen LogP contribution in [0.15, 0.2) is 17.7 Å². The van der Waals surface area contributed by atoms with E-state index in [1.165, 1.54) is 4.53 Å². The Morgan fingerprint density at radius 2 is 2.45 bits per heavy atom. The van der Waals surface area contributed by atoms with Gasteiger partial charge in [-0.05, 0) is 12.2 Å². The van der Waals surface area contributed by atoms with Crippen molar-refractivity contribution in [2.45, 2.75) is 5.25 Å². The molecule has 1 atom stereocenters. The zero-order valence-electron chi connectivity index (χ0n) is 5.77. The summed E-state index contributed by atoms with van der Waals surface area (Å²) in [5.74, 6) is 0. The lowest BCUT2D eigenvalue weighted by Crippen LogP contribution is -2.20. The molecule has 1 unspecified atom stereocenters. The molecule has 0 radical (unpaired) electrons. The number of nitrogens with zero attached hydrogens (tertiary/aromatic N) is 1. The van der Waals surface area contributed by atoms with Gasteiger partial charge in [-0.1, -0.05) is 12.2 Å². The van der Waals surface area contributed by atoms with Gasteiger partial charge in [0, 0.05) is 5.25 Å². The summed E-state index contributed by atoms with van der Waals surface area (Å²) in [6.07, 6.45) is 8.16. The fraction of sp³-hybridized carbons (Fsp3) is 0.125. The van der Waals surface area contributed by atoms with Gasteiger partial charge in [0.25, 0.3) is 0 Å². The van der Waals surface area contributed by atoms with Crippen molar-refractivity contribution in [2.75, 3.05) is 0 Å². The highest BCUT2D eigenvalue weighted by molar-refractivity contribution is 7.81. The van der Waals surface area contributed by atoms with Gasteiger partial charge in [-0.25, -0.2) is 4.98 Å². The molecule has 2 rings (SSSR count). The summed E-state index contributed by atoms with van der Waals surface area (Å²) in [5, 5.41) is 1.29. The average Bonchev–Trinajstić information content (AvgIpc) is 2.31. The van der Waals surface area contributed by atoms with E-state index in [-0.39, 0.29) is 5.25 Å². The molecular weight excluding hydrogens is 174 g/mol. The van der Waals surface area contributed by atoms with Crippen molar-refractivity contribution < 1.29 is 0 Å². The molecule has 3 heteroatoms. The number of thiol groups is 1. The maximum absolute atomic E-state index is 4.35. The second kappa shape index (κ2) is 2.83. The highest BCUT2D eigenvalue weighted by Gasteiger charge is 1.96. The van der Waals surface area contributed by atoms with Gasteiger partial charge in [0.15, 0.2) is 0 Å². The van der Waals surface area contributed by atoms with E-state index in [2.05, 4.69) is 23.7 Å². The van der Waals surface area contributed by atoms with Gasteiger partial charge in [0.05, 0.1) is 15.4 Å². The van der Waals surface area contributed by atoms with E-state index in [0.29, 0.717) is 0 Å². The van der Waals surface area contributed by atoms with Crippen molar-refractivity contribution in [3.63, 3.8) is 0 Å². The van der Waals surface area contributed by atoms with Crippen molar-refractivity contribution in [3.05, 3.63) is 27.5 Å². The van der Waals surface area contributed by atoms with Crippen molar-refractivity contribution in [1.82, 2.24) is 4.98 Å². The Labute approximate surface area is 74.2 Å². The first-order valence-corrected chi connectivity index (χ1v) is 4.74. The van der Waals surface area contributed by atoms with Crippen LogP contribution in [0.5, 0.6) is 0 Å². The van der Waals surface area contributed by atoms with E-state index in [4.69, 9.17) is 0 Å². The van der Waals surface area contributed by atoms with Gasteiger partial charge in [0.1, 0.15) is 0 Å².